The molecule has 1 N–H and O–H groups in total. The van der Waals surface area contributed by atoms with Crippen LogP contribution in [0.5, 0.6) is 5.75 Å². The fourth-order valence-electron chi connectivity index (χ4n) is 3.45. The first-order valence-electron chi connectivity index (χ1n) is 10.4. The van der Waals surface area contributed by atoms with Crippen molar-refractivity contribution in [1.29, 1.82) is 0 Å². The van der Waals surface area contributed by atoms with Crippen LogP contribution >= 0.6 is 0 Å². The van der Waals surface area contributed by atoms with E-state index in [0.29, 0.717) is 31.7 Å². The van der Waals surface area contributed by atoms with Crippen molar-refractivity contribution in [2.75, 3.05) is 31.6 Å². The third-order valence-electron chi connectivity index (χ3n) is 5.52. The van der Waals surface area contributed by atoms with Crippen LogP contribution in [0.3, 0.4) is 0 Å². The SMILES string of the molecule is Cc1cccc(OCC(=O)OCC(=O)N2CCC(C(=O)Nc3ccccc3)CC2)c1C. The van der Waals surface area contributed by atoms with Gasteiger partial charge in [0, 0.05) is 24.7 Å². The van der Waals surface area contributed by atoms with Crippen LogP contribution in [0.15, 0.2) is 48.5 Å². The highest BCUT2D eigenvalue weighted by atomic mass is 16.6. The second kappa shape index (κ2) is 10.6. The highest BCUT2D eigenvalue weighted by Crippen LogP contribution is 2.21. The monoisotopic (exact) mass is 424 g/mol. The normalized spacial score (nSPS) is 14.1. The van der Waals surface area contributed by atoms with E-state index in [2.05, 4.69) is 5.32 Å². The molecule has 1 aliphatic heterocycles. The highest BCUT2D eigenvalue weighted by molar-refractivity contribution is 5.92. The lowest BCUT2D eigenvalue weighted by Gasteiger charge is -2.31. The molecule has 1 saturated heterocycles. The van der Waals surface area contributed by atoms with Crippen LogP contribution in [-0.2, 0) is 19.1 Å². The molecular formula is C24H28N2O5. The molecule has 164 valence electrons. The quantitative estimate of drug-likeness (QED) is 0.691. The minimum absolute atomic E-state index is 0.0340. The predicted molar refractivity (Wildman–Crippen MR) is 117 cm³/mol. The summed E-state index contributed by atoms with van der Waals surface area (Å²) < 4.78 is 10.6. The summed E-state index contributed by atoms with van der Waals surface area (Å²) >= 11 is 0. The van der Waals surface area contributed by atoms with Crippen molar-refractivity contribution in [2.45, 2.75) is 26.7 Å². The number of aryl methyl sites for hydroxylation is 1. The van der Waals surface area contributed by atoms with Crippen molar-refractivity contribution < 1.29 is 23.9 Å². The summed E-state index contributed by atoms with van der Waals surface area (Å²) in [7, 11) is 0. The largest absolute Gasteiger partial charge is 0.482 e. The molecule has 2 aromatic rings. The zero-order valence-corrected chi connectivity index (χ0v) is 17.9. The molecule has 1 fully saturated rings. The molecule has 7 heteroatoms. The second-order valence-electron chi connectivity index (χ2n) is 7.66. The number of nitrogens with zero attached hydrogens (tertiary/aromatic N) is 1. The van der Waals surface area contributed by atoms with E-state index in [4.69, 9.17) is 9.47 Å². The summed E-state index contributed by atoms with van der Waals surface area (Å²) in [5.74, 6) is -0.404. The van der Waals surface area contributed by atoms with Gasteiger partial charge in [-0.15, -0.1) is 0 Å². The molecule has 0 aliphatic carbocycles. The molecule has 0 saturated carbocycles. The summed E-state index contributed by atoms with van der Waals surface area (Å²) in [6, 6.07) is 14.9. The number of anilines is 1. The molecule has 2 amide bonds. The fraction of sp³-hybridized carbons (Fsp3) is 0.375. The van der Waals surface area contributed by atoms with Crippen LogP contribution in [0.2, 0.25) is 0 Å². The molecule has 7 nitrogen and oxygen atoms in total. The van der Waals surface area contributed by atoms with Gasteiger partial charge in [-0.2, -0.15) is 0 Å². The topological polar surface area (TPSA) is 84.9 Å². The van der Waals surface area contributed by atoms with Gasteiger partial charge < -0.3 is 19.7 Å². The second-order valence-corrected chi connectivity index (χ2v) is 7.66. The number of esters is 1. The zero-order valence-electron chi connectivity index (χ0n) is 17.9. The molecular weight excluding hydrogens is 396 g/mol. The molecule has 0 spiro atoms. The van der Waals surface area contributed by atoms with Gasteiger partial charge in [-0.05, 0) is 56.0 Å². The van der Waals surface area contributed by atoms with Gasteiger partial charge in [-0.25, -0.2) is 4.79 Å². The van der Waals surface area contributed by atoms with Crippen LogP contribution in [0, 0.1) is 19.8 Å². The van der Waals surface area contributed by atoms with Crippen LogP contribution in [0.4, 0.5) is 5.69 Å². The van der Waals surface area contributed by atoms with Crippen molar-refractivity contribution in [3.8, 4) is 5.75 Å². The van der Waals surface area contributed by atoms with Crippen molar-refractivity contribution in [3.05, 3.63) is 59.7 Å². The number of rotatable bonds is 7. The Labute approximate surface area is 182 Å². The standard InChI is InChI=1S/C24H28N2O5/c1-17-7-6-10-21(18(17)2)30-16-23(28)31-15-22(27)26-13-11-19(12-14-26)24(29)25-20-8-4-3-5-9-20/h3-10,19H,11-16H2,1-2H3,(H,25,29). The Kier molecular flexibility index (Phi) is 7.65. The first-order chi connectivity index (χ1) is 14.9. The van der Waals surface area contributed by atoms with Crippen LogP contribution < -0.4 is 10.1 Å². The number of carbonyl (C=O) groups excluding carboxylic acids is 3. The Morgan fingerprint density at radius 1 is 0.968 bits per heavy atom. The molecule has 2 aromatic carbocycles. The Bertz CT molecular complexity index is 921. The number of para-hydroxylation sites is 1. The van der Waals surface area contributed by atoms with Crippen molar-refractivity contribution >= 4 is 23.5 Å². The number of hydrogen-bond acceptors (Lipinski definition) is 5. The summed E-state index contributed by atoms with van der Waals surface area (Å²) in [5, 5.41) is 2.91. The van der Waals surface area contributed by atoms with Gasteiger partial charge in [0.1, 0.15) is 5.75 Å². The molecule has 0 unspecified atom stereocenters. The Balaban J connectivity index is 1.37. The van der Waals surface area contributed by atoms with E-state index in [1.165, 1.54) is 0 Å². The number of benzene rings is 2. The predicted octanol–water partition coefficient (Wildman–Crippen LogP) is 3.10. The van der Waals surface area contributed by atoms with E-state index in [1.807, 2.05) is 56.3 Å². The summed E-state index contributed by atoms with van der Waals surface area (Å²) in [6.07, 6.45) is 1.15. The van der Waals surface area contributed by atoms with Gasteiger partial charge in [0.15, 0.2) is 13.2 Å². The van der Waals surface area contributed by atoms with Gasteiger partial charge >= 0.3 is 5.97 Å². The smallest absolute Gasteiger partial charge is 0.344 e. The lowest BCUT2D eigenvalue weighted by atomic mass is 9.95. The summed E-state index contributed by atoms with van der Waals surface area (Å²) in [6.45, 7) is 4.23. The van der Waals surface area contributed by atoms with E-state index in [1.54, 1.807) is 11.0 Å². The van der Waals surface area contributed by atoms with Gasteiger partial charge in [0.05, 0.1) is 0 Å². The van der Waals surface area contributed by atoms with Crippen LogP contribution in [0.1, 0.15) is 24.0 Å². The van der Waals surface area contributed by atoms with Crippen molar-refractivity contribution in [2.24, 2.45) is 5.92 Å². The average molecular weight is 424 g/mol. The molecule has 0 atom stereocenters. The Morgan fingerprint density at radius 3 is 2.39 bits per heavy atom. The number of piperidine rings is 1. The maximum atomic E-state index is 12.4. The molecule has 1 heterocycles. The Hall–Kier alpha value is -3.35. The number of nitrogens with one attached hydrogen (secondary N) is 1. The first-order valence-corrected chi connectivity index (χ1v) is 10.4. The van der Waals surface area contributed by atoms with E-state index >= 15 is 0 Å². The average Bonchev–Trinajstić information content (AvgIpc) is 2.79. The Morgan fingerprint density at radius 2 is 1.68 bits per heavy atom. The van der Waals surface area contributed by atoms with E-state index in [9.17, 15) is 14.4 Å². The van der Waals surface area contributed by atoms with Gasteiger partial charge in [-0.1, -0.05) is 30.3 Å². The molecule has 0 radical (unpaired) electrons. The zero-order chi connectivity index (χ0) is 22.2. The van der Waals surface area contributed by atoms with E-state index in [-0.39, 0.29) is 30.9 Å². The third kappa shape index (κ3) is 6.31. The number of ether oxygens (including phenoxy) is 2. The van der Waals surface area contributed by atoms with Crippen LogP contribution in [-0.4, -0.2) is 49.0 Å². The number of carbonyl (C=O) groups is 3. The lowest BCUT2D eigenvalue weighted by Crippen LogP contribution is -2.43. The minimum Gasteiger partial charge on any atom is -0.482 e. The molecule has 3 rings (SSSR count). The lowest BCUT2D eigenvalue weighted by molar-refractivity contribution is -0.154. The summed E-state index contributed by atoms with van der Waals surface area (Å²) in [5.41, 5.74) is 2.80. The molecule has 1 aliphatic rings. The molecule has 0 aromatic heterocycles. The summed E-state index contributed by atoms with van der Waals surface area (Å²) in [4.78, 5) is 38.3. The number of hydrogen-bond donors (Lipinski definition) is 1. The maximum Gasteiger partial charge on any atom is 0.344 e. The third-order valence-corrected chi connectivity index (χ3v) is 5.52. The fourth-order valence-corrected chi connectivity index (χ4v) is 3.45. The first kappa shape index (κ1) is 22.3. The van der Waals surface area contributed by atoms with Gasteiger partial charge in [0.25, 0.3) is 5.91 Å². The molecule has 31 heavy (non-hydrogen) atoms. The van der Waals surface area contributed by atoms with Crippen molar-refractivity contribution in [3.63, 3.8) is 0 Å². The number of likely N-dealkylation sites (tertiary alicyclic amines) is 1. The van der Waals surface area contributed by atoms with Crippen LogP contribution in [0.25, 0.3) is 0 Å². The van der Waals surface area contributed by atoms with Crippen molar-refractivity contribution in [1.82, 2.24) is 4.90 Å². The minimum atomic E-state index is -0.591. The molecule has 0 bridgehead atoms. The van der Waals surface area contributed by atoms with E-state index in [0.717, 1.165) is 16.8 Å². The maximum absolute atomic E-state index is 12.4. The number of amides is 2. The van der Waals surface area contributed by atoms with Gasteiger partial charge in [-0.3, -0.25) is 9.59 Å². The highest BCUT2D eigenvalue weighted by Gasteiger charge is 2.27. The van der Waals surface area contributed by atoms with E-state index < -0.39 is 5.97 Å². The van der Waals surface area contributed by atoms with Gasteiger partial charge in [0.2, 0.25) is 5.91 Å².